The molecule has 3 heterocycles. The lowest BCUT2D eigenvalue weighted by atomic mass is 9.68. The van der Waals surface area contributed by atoms with Crippen molar-refractivity contribution < 1.29 is 19.5 Å². The van der Waals surface area contributed by atoms with E-state index in [9.17, 15) is 19.5 Å². The number of oxime groups is 1. The van der Waals surface area contributed by atoms with Crippen molar-refractivity contribution in [3.63, 3.8) is 0 Å². The zero-order chi connectivity index (χ0) is 28.9. The number of carboxylic acid groups (broad SMARTS) is 1. The number of primary amides is 1. The van der Waals surface area contributed by atoms with Crippen LogP contribution in [-0.2, 0) is 14.4 Å². The second-order valence-corrected chi connectivity index (χ2v) is 13.2. The number of rotatable bonds is 7. The van der Waals surface area contributed by atoms with E-state index in [0.29, 0.717) is 29.2 Å². The molecule has 10 nitrogen and oxygen atoms in total. The highest BCUT2D eigenvalue weighted by Crippen LogP contribution is 2.47. The lowest BCUT2D eigenvalue weighted by Crippen LogP contribution is -2.58. The molecule has 0 radical (unpaired) electrons. The topological polar surface area (TPSA) is 140 Å². The van der Waals surface area contributed by atoms with Crippen LogP contribution in [0.25, 0.3) is 11.0 Å². The van der Waals surface area contributed by atoms with Gasteiger partial charge >= 0.3 is 5.97 Å². The zero-order valence-corrected chi connectivity index (χ0v) is 24.0. The van der Waals surface area contributed by atoms with Crippen LogP contribution in [0.5, 0.6) is 0 Å². The molecular weight excluding hydrogens is 522 g/mol. The molecule has 2 aliphatic carbocycles. The van der Waals surface area contributed by atoms with Gasteiger partial charge in [0, 0.05) is 24.2 Å². The third kappa shape index (κ3) is 5.27. The highest BCUT2D eigenvalue weighted by Gasteiger charge is 2.45. The van der Waals surface area contributed by atoms with Gasteiger partial charge in [0.2, 0.25) is 11.3 Å². The molecule has 4 bridgehead atoms. The van der Waals surface area contributed by atoms with Gasteiger partial charge in [0.05, 0.1) is 11.0 Å². The Morgan fingerprint density at radius 1 is 0.951 bits per heavy atom. The summed E-state index contributed by atoms with van der Waals surface area (Å²) in [7, 11) is 0. The van der Waals surface area contributed by atoms with Crippen LogP contribution in [0.15, 0.2) is 34.2 Å². The van der Waals surface area contributed by atoms with Gasteiger partial charge in [0.1, 0.15) is 0 Å². The van der Waals surface area contributed by atoms with Crippen molar-refractivity contribution in [2.75, 3.05) is 0 Å². The Hall–Kier alpha value is -3.27. The van der Waals surface area contributed by atoms with E-state index in [1.165, 1.54) is 58.8 Å². The van der Waals surface area contributed by atoms with Crippen molar-refractivity contribution in [1.82, 2.24) is 14.5 Å². The molecule has 3 N–H and O–H groups in total. The summed E-state index contributed by atoms with van der Waals surface area (Å²) in [4.78, 5) is 50.7. The highest BCUT2D eigenvalue weighted by molar-refractivity contribution is 6.41. The van der Waals surface area contributed by atoms with Gasteiger partial charge < -0.3 is 20.2 Å². The monoisotopic (exact) mass is 563 g/mol. The van der Waals surface area contributed by atoms with Crippen LogP contribution in [-0.4, -0.2) is 60.9 Å². The second-order valence-electron chi connectivity index (χ2n) is 13.2. The number of piperidine rings is 2. The molecule has 2 aromatic rings. The molecule has 4 aliphatic rings. The summed E-state index contributed by atoms with van der Waals surface area (Å²) >= 11 is 0. The van der Waals surface area contributed by atoms with Gasteiger partial charge in [0.25, 0.3) is 11.5 Å². The first-order valence-electron chi connectivity index (χ1n) is 15.2. The number of fused-ring (bicyclic) bond motifs is 5. The smallest absolute Gasteiger partial charge is 0.360 e. The number of carboxylic acids is 1. The molecule has 4 fully saturated rings. The van der Waals surface area contributed by atoms with Crippen LogP contribution in [0.1, 0.15) is 96.2 Å². The summed E-state index contributed by atoms with van der Waals surface area (Å²) in [5.74, 6) is -0.562. The average Bonchev–Trinajstić information content (AvgIpc) is 2.92. The molecule has 1 aromatic carbocycles. The Labute approximate surface area is 239 Å². The van der Waals surface area contributed by atoms with Crippen molar-refractivity contribution >= 4 is 28.6 Å². The normalized spacial score (nSPS) is 30.6. The number of carbonyl (C=O) groups excluding carboxylic acids is 1. The second kappa shape index (κ2) is 10.9. The molecule has 1 aromatic heterocycles. The van der Waals surface area contributed by atoms with Crippen LogP contribution in [0.3, 0.4) is 0 Å². The molecule has 6 atom stereocenters. The van der Waals surface area contributed by atoms with Crippen LogP contribution >= 0.6 is 0 Å². The van der Waals surface area contributed by atoms with Crippen LogP contribution in [0, 0.1) is 11.8 Å². The largest absolute Gasteiger partial charge is 0.476 e. The average molecular weight is 564 g/mol. The Bertz CT molecular complexity index is 1410. The first kappa shape index (κ1) is 27.9. The molecule has 1 unspecified atom stereocenters. The standard InChI is InChI=1S/C31H41N5O5/c1-31(2,30(32)40)41-34-27(29(38)39)26-28(37)36(25-12-4-3-11-24(25)33-26)23-16-20-9-6-10-21(17-23)35(20)22-14-18-7-5-8-19(13-18)15-22/h3-4,11-12,18-23H,5-10,13-17H2,1-2H3,(H2,32,40)(H,38,39)/b34-27-/t18-,19+,20-,21+,22?,23+. The Morgan fingerprint density at radius 3 is 2.22 bits per heavy atom. The van der Waals surface area contributed by atoms with Gasteiger partial charge in [-0.3, -0.25) is 14.5 Å². The number of carbonyl (C=O) groups is 2. The number of nitrogens with zero attached hydrogens (tertiary/aromatic N) is 4. The maximum absolute atomic E-state index is 14.1. The number of benzene rings is 1. The lowest BCUT2D eigenvalue weighted by Gasteiger charge is -2.55. The van der Waals surface area contributed by atoms with Gasteiger partial charge in [-0.1, -0.05) is 43.0 Å². The third-order valence-electron chi connectivity index (χ3n) is 10.1. The molecule has 220 valence electrons. The number of aliphatic carboxylic acids is 1. The van der Waals surface area contributed by atoms with Gasteiger partial charge in [-0.15, -0.1) is 0 Å². The van der Waals surface area contributed by atoms with E-state index in [4.69, 9.17) is 10.6 Å². The molecule has 41 heavy (non-hydrogen) atoms. The predicted molar refractivity (Wildman–Crippen MR) is 155 cm³/mol. The molecule has 0 spiro atoms. The minimum Gasteiger partial charge on any atom is -0.476 e. The van der Waals surface area contributed by atoms with E-state index < -0.39 is 28.7 Å². The van der Waals surface area contributed by atoms with E-state index >= 15 is 0 Å². The molecule has 10 heteroatoms. The van der Waals surface area contributed by atoms with E-state index in [-0.39, 0.29) is 11.7 Å². The number of hydrogen-bond acceptors (Lipinski definition) is 7. The van der Waals surface area contributed by atoms with E-state index in [1.54, 1.807) is 10.6 Å². The fourth-order valence-electron chi connectivity index (χ4n) is 8.19. The summed E-state index contributed by atoms with van der Waals surface area (Å²) in [5.41, 5.74) is 3.56. The number of para-hydroxylation sites is 2. The maximum atomic E-state index is 14.1. The number of nitrogens with two attached hydrogens (primary N) is 1. The van der Waals surface area contributed by atoms with Crippen molar-refractivity contribution in [1.29, 1.82) is 0 Å². The van der Waals surface area contributed by atoms with Crippen molar-refractivity contribution in [3.05, 3.63) is 40.3 Å². The Balaban J connectivity index is 1.37. The van der Waals surface area contributed by atoms with Gasteiger partial charge in [-0.05, 0) is 82.8 Å². The first-order chi connectivity index (χ1) is 19.6. The molecule has 2 saturated heterocycles. The fraction of sp³-hybridized carbons (Fsp3) is 0.645. The van der Waals surface area contributed by atoms with Crippen LogP contribution < -0.4 is 11.3 Å². The Morgan fingerprint density at radius 2 is 1.59 bits per heavy atom. The van der Waals surface area contributed by atoms with Crippen LogP contribution in [0.4, 0.5) is 0 Å². The number of hydrogen-bond donors (Lipinski definition) is 2. The van der Waals surface area contributed by atoms with Crippen molar-refractivity contribution in [2.24, 2.45) is 22.7 Å². The van der Waals surface area contributed by atoms with E-state index in [2.05, 4.69) is 15.0 Å². The van der Waals surface area contributed by atoms with E-state index in [1.807, 2.05) is 18.2 Å². The minimum absolute atomic E-state index is 0.0817. The Kier molecular flexibility index (Phi) is 7.38. The van der Waals surface area contributed by atoms with E-state index in [0.717, 1.165) is 37.5 Å². The SMILES string of the molecule is CC(C)(O/N=C(\C(=O)O)c1nc2ccccc2n([C@H]2C[C@H]3CCC[C@@H](C2)N3C2C[C@H]3CCC[C@@H](C2)C3)c1=O)C(N)=O. The maximum Gasteiger partial charge on any atom is 0.360 e. The summed E-state index contributed by atoms with van der Waals surface area (Å²) in [5, 5.41) is 13.7. The van der Waals surface area contributed by atoms with Crippen LogP contribution in [0.2, 0.25) is 0 Å². The van der Waals surface area contributed by atoms with Crippen molar-refractivity contribution in [2.45, 2.75) is 114 Å². The first-order valence-corrected chi connectivity index (χ1v) is 15.2. The number of aromatic nitrogens is 2. The highest BCUT2D eigenvalue weighted by atomic mass is 16.7. The third-order valence-corrected chi connectivity index (χ3v) is 10.1. The molecule has 6 rings (SSSR count). The summed E-state index contributed by atoms with van der Waals surface area (Å²) in [6.45, 7) is 2.77. The summed E-state index contributed by atoms with van der Waals surface area (Å²) in [6, 6.07) is 8.71. The molecule has 2 aliphatic heterocycles. The summed E-state index contributed by atoms with van der Waals surface area (Å²) in [6.07, 6.45) is 13.3. The fourth-order valence-corrected chi connectivity index (χ4v) is 8.19. The van der Waals surface area contributed by atoms with Gasteiger partial charge in [0.15, 0.2) is 5.69 Å². The number of amides is 1. The molecule has 1 amide bonds. The van der Waals surface area contributed by atoms with Gasteiger partial charge in [-0.2, -0.15) is 0 Å². The van der Waals surface area contributed by atoms with Crippen molar-refractivity contribution in [3.8, 4) is 0 Å². The zero-order valence-electron chi connectivity index (χ0n) is 24.0. The lowest BCUT2D eigenvalue weighted by molar-refractivity contribution is -0.140. The quantitative estimate of drug-likeness (QED) is 0.383. The molecular formula is C31H41N5O5. The summed E-state index contributed by atoms with van der Waals surface area (Å²) < 4.78 is 1.76. The molecule has 2 saturated carbocycles. The van der Waals surface area contributed by atoms with Gasteiger partial charge in [-0.25, -0.2) is 9.78 Å². The minimum atomic E-state index is -1.56. The predicted octanol–water partition coefficient (Wildman–Crippen LogP) is 3.99.